The molecule has 0 bridgehead atoms. The maximum Gasteiger partial charge on any atom is 0.217 e. The van der Waals surface area contributed by atoms with Gasteiger partial charge in [0.1, 0.15) is 110 Å². The minimum atomic E-state index is -2.04. The van der Waals surface area contributed by atoms with E-state index in [-0.39, 0.29) is 0 Å². The molecule has 5 aliphatic rings. The molecule has 0 aliphatic carbocycles. The van der Waals surface area contributed by atoms with Crippen LogP contribution >= 0.6 is 0 Å². The first kappa shape index (κ1) is 46.6. The first-order valence-electron chi connectivity index (χ1n) is 18.3. The molecule has 0 aromatic heterocycles. The molecule has 0 spiro atoms. The van der Waals surface area contributed by atoms with Gasteiger partial charge in [-0.05, 0) is 13.8 Å². The van der Waals surface area contributed by atoms with Crippen molar-refractivity contribution in [3.63, 3.8) is 0 Å². The average molecular weight is 838 g/mol. The summed E-state index contributed by atoms with van der Waals surface area (Å²) in [5.41, 5.74) is 0. The van der Waals surface area contributed by atoms with Gasteiger partial charge in [0.2, 0.25) is 5.91 Å². The summed E-state index contributed by atoms with van der Waals surface area (Å²) in [7, 11) is 0. The molecule has 5 saturated heterocycles. The van der Waals surface area contributed by atoms with E-state index in [2.05, 4.69) is 5.32 Å². The second-order valence-electron chi connectivity index (χ2n) is 14.7. The molecule has 11 unspecified atom stereocenters. The van der Waals surface area contributed by atoms with Crippen LogP contribution in [-0.2, 0) is 47.4 Å². The predicted molar refractivity (Wildman–Crippen MR) is 175 cm³/mol. The van der Waals surface area contributed by atoms with Crippen LogP contribution < -0.4 is 5.32 Å². The summed E-state index contributed by atoms with van der Waals surface area (Å²) in [4.78, 5) is 12.8. The van der Waals surface area contributed by atoms with Gasteiger partial charge < -0.3 is 119 Å². The van der Waals surface area contributed by atoms with Crippen LogP contribution in [0.25, 0.3) is 0 Å². The number of rotatable bonds is 12. The third-order valence-corrected chi connectivity index (χ3v) is 10.6. The molecule has 5 rings (SSSR count). The van der Waals surface area contributed by atoms with Gasteiger partial charge in [-0.25, -0.2) is 0 Å². The maximum atomic E-state index is 12.8. The number of carbonyl (C=O) groups excluding carboxylic acids is 1. The zero-order valence-corrected chi connectivity index (χ0v) is 30.9. The number of hydrogen-bond donors (Lipinski definition) is 15. The van der Waals surface area contributed by atoms with Gasteiger partial charge in [0.15, 0.2) is 31.5 Å². The molecule has 5 aliphatic heterocycles. The molecule has 57 heavy (non-hydrogen) atoms. The van der Waals surface area contributed by atoms with Crippen molar-refractivity contribution < 1.29 is 119 Å². The lowest BCUT2D eigenvalue weighted by Crippen LogP contribution is -2.71. The fraction of sp³-hybridized carbons (Fsp3) is 0.969. The second-order valence-corrected chi connectivity index (χ2v) is 14.7. The molecule has 5 fully saturated rings. The summed E-state index contributed by atoms with van der Waals surface area (Å²) in [5.74, 6) is -0.823. The summed E-state index contributed by atoms with van der Waals surface area (Å²) in [6.45, 7) is 0.922. The molecule has 332 valence electrons. The van der Waals surface area contributed by atoms with E-state index >= 15 is 0 Å². The topological polar surface area (TPSA) is 395 Å². The second kappa shape index (κ2) is 19.5. The summed E-state index contributed by atoms with van der Waals surface area (Å²) in [6, 6.07) is -1.73. The highest BCUT2D eigenvalue weighted by atomic mass is 16.8. The van der Waals surface area contributed by atoms with E-state index in [0.29, 0.717) is 0 Å². The van der Waals surface area contributed by atoms with E-state index in [9.17, 15) is 76.3 Å². The number of hydrogen-bond acceptors (Lipinski definition) is 24. The van der Waals surface area contributed by atoms with Gasteiger partial charge in [0.25, 0.3) is 0 Å². The number of amides is 1. The van der Waals surface area contributed by atoms with Crippen molar-refractivity contribution in [1.29, 1.82) is 0 Å². The normalized spacial score (nSPS) is 52.3. The Balaban J connectivity index is 1.56. The minimum Gasteiger partial charge on any atom is -0.394 e. The summed E-state index contributed by atoms with van der Waals surface area (Å²) in [6.07, 6.45) is -42.6. The van der Waals surface area contributed by atoms with Gasteiger partial charge in [-0.2, -0.15) is 0 Å². The van der Waals surface area contributed by atoms with Crippen LogP contribution in [0.5, 0.6) is 0 Å². The van der Waals surface area contributed by atoms with E-state index in [1.54, 1.807) is 0 Å². The van der Waals surface area contributed by atoms with E-state index in [4.69, 9.17) is 42.6 Å². The van der Waals surface area contributed by atoms with Crippen molar-refractivity contribution in [3.05, 3.63) is 0 Å². The highest BCUT2D eigenvalue weighted by Gasteiger charge is 2.58. The molecule has 0 aromatic rings. The number of ether oxygens (including phenoxy) is 9. The van der Waals surface area contributed by atoms with Crippen LogP contribution in [0.3, 0.4) is 0 Å². The maximum absolute atomic E-state index is 12.8. The zero-order valence-electron chi connectivity index (χ0n) is 30.9. The molecule has 25 nitrogen and oxygen atoms in total. The Morgan fingerprint density at radius 1 is 0.456 bits per heavy atom. The molecule has 0 aromatic carbocycles. The average Bonchev–Trinajstić information content (AvgIpc) is 3.18. The van der Waals surface area contributed by atoms with E-state index in [1.165, 1.54) is 13.8 Å². The fourth-order valence-corrected chi connectivity index (χ4v) is 7.29. The van der Waals surface area contributed by atoms with Crippen LogP contribution in [0, 0.1) is 0 Å². The van der Waals surface area contributed by atoms with Crippen LogP contribution in [0.4, 0.5) is 0 Å². The monoisotopic (exact) mass is 837 g/mol. The third kappa shape index (κ3) is 9.71. The highest BCUT2D eigenvalue weighted by Crippen LogP contribution is 2.37. The summed E-state index contributed by atoms with van der Waals surface area (Å²) >= 11 is 0. The summed E-state index contributed by atoms with van der Waals surface area (Å²) in [5, 5.41) is 150. The van der Waals surface area contributed by atoms with Crippen molar-refractivity contribution in [3.8, 4) is 0 Å². The van der Waals surface area contributed by atoms with Crippen molar-refractivity contribution in [2.24, 2.45) is 0 Å². The predicted octanol–water partition coefficient (Wildman–Crippen LogP) is -9.73. The van der Waals surface area contributed by atoms with Crippen LogP contribution in [0.15, 0.2) is 0 Å². The van der Waals surface area contributed by atoms with Crippen LogP contribution in [0.1, 0.15) is 20.8 Å². The van der Waals surface area contributed by atoms with Gasteiger partial charge in [0.05, 0.1) is 32.0 Å². The van der Waals surface area contributed by atoms with Gasteiger partial charge in [-0.3, -0.25) is 4.79 Å². The van der Waals surface area contributed by atoms with Gasteiger partial charge in [-0.1, -0.05) is 0 Å². The van der Waals surface area contributed by atoms with Crippen LogP contribution in [-0.4, -0.2) is 251 Å². The van der Waals surface area contributed by atoms with Crippen LogP contribution in [0.2, 0.25) is 0 Å². The molecule has 0 radical (unpaired) electrons. The molecule has 0 saturated carbocycles. The third-order valence-electron chi connectivity index (χ3n) is 10.6. The van der Waals surface area contributed by atoms with Gasteiger partial charge >= 0.3 is 0 Å². The van der Waals surface area contributed by atoms with E-state index in [1.807, 2.05) is 0 Å². The number of aliphatic hydroxyl groups is 14. The van der Waals surface area contributed by atoms with E-state index in [0.717, 1.165) is 6.92 Å². The quantitative estimate of drug-likeness (QED) is 0.0867. The Morgan fingerprint density at radius 2 is 0.912 bits per heavy atom. The molecule has 1 amide bonds. The Hall–Kier alpha value is -1.45. The molecule has 5 heterocycles. The largest absolute Gasteiger partial charge is 0.394 e. The zero-order chi connectivity index (χ0) is 42.2. The number of carbonyl (C=O) groups is 1. The first-order valence-corrected chi connectivity index (χ1v) is 18.3. The lowest BCUT2D eigenvalue weighted by Gasteiger charge is -2.52. The number of nitrogens with one attached hydrogen (secondary N) is 1. The molecular weight excluding hydrogens is 782 g/mol. The molecule has 25 atom stereocenters. The molecule has 15 N–H and O–H groups in total. The van der Waals surface area contributed by atoms with Crippen molar-refractivity contribution in [1.82, 2.24) is 5.32 Å². The van der Waals surface area contributed by atoms with Crippen molar-refractivity contribution in [2.45, 2.75) is 174 Å². The van der Waals surface area contributed by atoms with E-state index < -0.39 is 179 Å². The SMILES string of the molecule is CC(=O)N[C@H]1C(O[C@@H]2OC(CO)[C@H](O)C(O)[C@@H]2O[C@@H]2OC(C)[C@@H](O)C(O)[C@@H]2O)[C@@H](O[C@@H]2OC(C)[C@@H](O)[C@H](O)C2O)C(CO)O[C@@H]1OC1[C@H](O)C(O)OC(CO)[C@@H]1O. The minimum absolute atomic E-state index is 0.823. The van der Waals surface area contributed by atoms with Gasteiger partial charge in [0, 0.05) is 6.92 Å². The van der Waals surface area contributed by atoms with Crippen molar-refractivity contribution >= 4 is 5.91 Å². The lowest BCUT2D eigenvalue weighted by molar-refractivity contribution is -0.397. The standard InChI is InChI=1S/C32H55NO24/c1-7-14(38)18(42)21(45)30(49-7)54-24-12(6-36)53-29(56-26-17(41)11(5-35)51-28(48)23(26)47)13(33-9(3)37)25(24)55-32-27(20(44)16(40)10(4-34)52-32)57-31-22(46)19(43)15(39)8(2)50-31/h7-8,10-32,34-36,38-48H,4-6H2,1-3H3,(H,33,37)/t7?,8?,10?,11?,12?,13-,14+,15+,16-,17-,18-,19?,20?,21?,22-,23-,24-,25?,26?,27-,28?,29+,30-,31-,32-/m0/s1. The smallest absolute Gasteiger partial charge is 0.217 e. The Kier molecular flexibility index (Phi) is 16.0. The molecule has 25 heteroatoms. The van der Waals surface area contributed by atoms with Gasteiger partial charge in [-0.15, -0.1) is 0 Å². The highest BCUT2D eigenvalue weighted by molar-refractivity contribution is 5.73. The van der Waals surface area contributed by atoms with Crippen molar-refractivity contribution in [2.75, 3.05) is 19.8 Å². The Bertz CT molecular complexity index is 1290. The lowest BCUT2D eigenvalue weighted by atomic mass is 9.93. The first-order chi connectivity index (χ1) is 26.8. The number of aliphatic hydroxyl groups excluding tert-OH is 14. The summed E-state index contributed by atoms with van der Waals surface area (Å²) < 4.78 is 51.9. The molecular formula is C32H55NO24. The Labute approximate surface area is 324 Å². The fourth-order valence-electron chi connectivity index (χ4n) is 7.29. The Morgan fingerprint density at radius 3 is 1.42 bits per heavy atom.